The van der Waals surface area contributed by atoms with Gasteiger partial charge in [0.25, 0.3) is 0 Å². The van der Waals surface area contributed by atoms with Crippen molar-refractivity contribution in [1.29, 1.82) is 0 Å². The number of hydrogen-bond donors (Lipinski definition) is 4. The van der Waals surface area contributed by atoms with Gasteiger partial charge in [-0.1, -0.05) is 140 Å². The van der Waals surface area contributed by atoms with Gasteiger partial charge in [-0.2, -0.15) is 0 Å². The lowest BCUT2D eigenvalue weighted by molar-refractivity contribution is -0.305. The first kappa shape index (κ1) is 49.9. The molecule has 1 rings (SSSR count). The van der Waals surface area contributed by atoms with Gasteiger partial charge in [0.2, 0.25) is 0 Å². The van der Waals surface area contributed by atoms with Crippen molar-refractivity contribution in [2.75, 3.05) is 19.8 Å². The van der Waals surface area contributed by atoms with Gasteiger partial charge in [0.05, 0.1) is 13.2 Å². The largest absolute Gasteiger partial charge is 0.462 e. The van der Waals surface area contributed by atoms with E-state index in [4.69, 9.17) is 18.9 Å². The van der Waals surface area contributed by atoms with E-state index in [-0.39, 0.29) is 32.0 Å². The number of aliphatic hydroxyl groups is 4. The summed E-state index contributed by atoms with van der Waals surface area (Å²) < 4.78 is 22.1. The van der Waals surface area contributed by atoms with E-state index in [1.54, 1.807) is 0 Å². The lowest BCUT2D eigenvalue weighted by Crippen LogP contribution is -2.59. The molecule has 0 aromatic carbocycles. The van der Waals surface area contributed by atoms with Crippen molar-refractivity contribution >= 4 is 11.9 Å². The highest BCUT2D eigenvalue weighted by Gasteiger charge is 2.44. The van der Waals surface area contributed by atoms with Crippen LogP contribution in [0.5, 0.6) is 0 Å². The first-order chi connectivity index (χ1) is 26.3. The number of carbonyl (C=O) groups is 2. The SMILES string of the molecule is C=CCCCCCCCCCCCCCCCC(=O)OC[C@@H](CO[C@H]1O[C@@H](CO)[C@@H](O)C(O)C1O)OC(=O)CCCCCCC/C=C/C/C=C/CCCC. The number of allylic oxidation sites excluding steroid dienone is 5. The second-order valence-corrected chi connectivity index (χ2v) is 14.9. The monoisotopic (exact) mass is 767 g/mol. The Bertz CT molecular complexity index is 967. The topological polar surface area (TPSA) is 152 Å². The van der Waals surface area contributed by atoms with E-state index in [0.717, 1.165) is 70.6 Å². The molecule has 0 saturated carbocycles. The molecule has 10 nitrogen and oxygen atoms in total. The molecule has 2 unspecified atom stereocenters. The molecule has 0 aromatic rings. The van der Waals surface area contributed by atoms with Crippen LogP contribution in [0.15, 0.2) is 37.0 Å². The molecule has 54 heavy (non-hydrogen) atoms. The predicted molar refractivity (Wildman–Crippen MR) is 215 cm³/mol. The lowest BCUT2D eigenvalue weighted by atomic mass is 9.99. The van der Waals surface area contributed by atoms with Crippen LogP contribution in [0.25, 0.3) is 0 Å². The van der Waals surface area contributed by atoms with Gasteiger partial charge >= 0.3 is 11.9 Å². The van der Waals surface area contributed by atoms with Gasteiger partial charge in [-0.05, 0) is 51.4 Å². The van der Waals surface area contributed by atoms with Crippen LogP contribution < -0.4 is 0 Å². The lowest BCUT2D eigenvalue weighted by Gasteiger charge is -2.39. The fraction of sp³-hybridized carbons (Fsp3) is 0.818. The van der Waals surface area contributed by atoms with Crippen LogP contribution in [-0.2, 0) is 28.5 Å². The zero-order chi connectivity index (χ0) is 39.5. The first-order valence-electron chi connectivity index (χ1n) is 21.5. The number of unbranched alkanes of at least 4 members (excludes halogenated alkanes) is 20. The fourth-order valence-corrected chi connectivity index (χ4v) is 6.42. The maximum atomic E-state index is 12.7. The molecular weight excluding hydrogens is 688 g/mol. The van der Waals surface area contributed by atoms with Gasteiger partial charge in [0.15, 0.2) is 12.4 Å². The van der Waals surface area contributed by atoms with Crippen LogP contribution in [0.3, 0.4) is 0 Å². The number of rotatable bonds is 36. The van der Waals surface area contributed by atoms with E-state index in [1.165, 1.54) is 77.0 Å². The van der Waals surface area contributed by atoms with Crippen LogP contribution in [0.4, 0.5) is 0 Å². The Kier molecular flexibility index (Phi) is 32.7. The second-order valence-electron chi connectivity index (χ2n) is 14.9. The van der Waals surface area contributed by atoms with Crippen LogP contribution in [0.2, 0.25) is 0 Å². The minimum atomic E-state index is -1.60. The summed E-state index contributed by atoms with van der Waals surface area (Å²) in [4.78, 5) is 25.3. The van der Waals surface area contributed by atoms with Crippen molar-refractivity contribution in [3.63, 3.8) is 0 Å². The van der Waals surface area contributed by atoms with E-state index in [2.05, 4.69) is 37.8 Å². The highest BCUT2D eigenvalue weighted by atomic mass is 16.7. The number of esters is 2. The third-order valence-corrected chi connectivity index (χ3v) is 9.89. The van der Waals surface area contributed by atoms with Gasteiger partial charge in [0.1, 0.15) is 31.0 Å². The first-order valence-corrected chi connectivity index (χ1v) is 21.5. The zero-order valence-corrected chi connectivity index (χ0v) is 33.8. The predicted octanol–water partition coefficient (Wildman–Crippen LogP) is 8.72. The van der Waals surface area contributed by atoms with Crippen molar-refractivity contribution in [1.82, 2.24) is 0 Å². The third kappa shape index (κ3) is 26.7. The molecule has 1 saturated heterocycles. The van der Waals surface area contributed by atoms with Gasteiger partial charge in [-0.25, -0.2) is 0 Å². The van der Waals surface area contributed by atoms with E-state index < -0.39 is 49.4 Å². The molecule has 10 heteroatoms. The Morgan fingerprint density at radius 1 is 0.630 bits per heavy atom. The average Bonchev–Trinajstić information content (AvgIpc) is 3.17. The summed E-state index contributed by atoms with van der Waals surface area (Å²) in [7, 11) is 0. The van der Waals surface area contributed by atoms with Gasteiger partial charge < -0.3 is 39.4 Å². The van der Waals surface area contributed by atoms with Gasteiger partial charge in [-0.15, -0.1) is 6.58 Å². The van der Waals surface area contributed by atoms with E-state index in [0.29, 0.717) is 6.42 Å². The number of carbonyl (C=O) groups excluding carboxylic acids is 2. The number of aliphatic hydroxyl groups excluding tert-OH is 4. The molecule has 1 aliphatic rings. The maximum absolute atomic E-state index is 12.7. The Morgan fingerprint density at radius 2 is 1.13 bits per heavy atom. The van der Waals surface area contributed by atoms with Crippen LogP contribution in [0, 0.1) is 0 Å². The summed E-state index contributed by atoms with van der Waals surface area (Å²) in [5.41, 5.74) is 0. The molecule has 314 valence electrons. The average molecular weight is 767 g/mol. The highest BCUT2D eigenvalue weighted by molar-refractivity contribution is 5.70. The van der Waals surface area contributed by atoms with E-state index >= 15 is 0 Å². The summed E-state index contributed by atoms with van der Waals surface area (Å²) in [5, 5.41) is 40.0. The Labute approximate surface area is 327 Å². The minimum Gasteiger partial charge on any atom is -0.462 e. The summed E-state index contributed by atoms with van der Waals surface area (Å²) >= 11 is 0. The number of ether oxygens (including phenoxy) is 4. The summed E-state index contributed by atoms with van der Waals surface area (Å²) in [6, 6.07) is 0. The van der Waals surface area contributed by atoms with Crippen LogP contribution in [-0.4, -0.2) is 89.0 Å². The summed E-state index contributed by atoms with van der Waals surface area (Å²) in [5.74, 6) is -0.825. The molecule has 0 aromatic heterocycles. The molecule has 0 radical (unpaired) electrons. The quantitative estimate of drug-likeness (QED) is 0.0277. The fourth-order valence-electron chi connectivity index (χ4n) is 6.42. The van der Waals surface area contributed by atoms with E-state index in [9.17, 15) is 30.0 Å². The third-order valence-electron chi connectivity index (χ3n) is 9.89. The highest BCUT2D eigenvalue weighted by Crippen LogP contribution is 2.22. The molecule has 1 heterocycles. The van der Waals surface area contributed by atoms with Crippen molar-refractivity contribution in [2.24, 2.45) is 0 Å². The van der Waals surface area contributed by atoms with Gasteiger partial charge in [-0.3, -0.25) is 9.59 Å². The Balaban J connectivity index is 2.35. The van der Waals surface area contributed by atoms with E-state index in [1.807, 2.05) is 6.08 Å². The second kappa shape index (κ2) is 35.3. The summed E-state index contributed by atoms with van der Waals surface area (Å²) in [6.07, 6.45) is 30.4. The zero-order valence-electron chi connectivity index (χ0n) is 33.8. The van der Waals surface area contributed by atoms with Crippen LogP contribution >= 0.6 is 0 Å². The maximum Gasteiger partial charge on any atom is 0.306 e. The normalized spacial score (nSPS) is 20.8. The molecule has 4 N–H and O–H groups in total. The smallest absolute Gasteiger partial charge is 0.306 e. The van der Waals surface area contributed by atoms with Gasteiger partial charge in [0, 0.05) is 12.8 Å². The summed E-state index contributed by atoms with van der Waals surface area (Å²) in [6.45, 7) is 4.88. The minimum absolute atomic E-state index is 0.213. The Hall–Kier alpha value is -2.08. The van der Waals surface area contributed by atoms with Crippen molar-refractivity contribution < 1.29 is 49.0 Å². The Morgan fingerprint density at radius 3 is 1.67 bits per heavy atom. The molecule has 1 aliphatic heterocycles. The molecule has 0 amide bonds. The number of hydrogen-bond acceptors (Lipinski definition) is 10. The van der Waals surface area contributed by atoms with Crippen molar-refractivity contribution in [2.45, 2.75) is 211 Å². The van der Waals surface area contributed by atoms with Crippen molar-refractivity contribution in [3.8, 4) is 0 Å². The molecular formula is C44H78O10. The molecule has 0 aliphatic carbocycles. The standard InChI is InChI=1S/C44H78O10/c1-3-5-7-9-11-13-15-17-19-21-22-24-26-28-30-32-39(46)51-35-37(36-52-44-43(50)42(49)41(48)38(34-45)54-44)53-40(47)33-31-29-27-25-23-20-18-16-14-12-10-8-6-4-2/h3,10,12,16,18,37-38,41-45,48-50H,1,4-9,11,13-15,17,19-36H2,2H3/b12-10+,18-16+/t37-,38-,41+,42?,43?,44-/m0/s1. The molecule has 1 fully saturated rings. The van der Waals surface area contributed by atoms with Crippen molar-refractivity contribution in [3.05, 3.63) is 37.0 Å². The molecule has 6 atom stereocenters. The van der Waals surface area contributed by atoms with Crippen LogP contribution in [0.1, 0.15) is 174 Å². The molecule has 0 bridgehead atoms. The molecule has 0 spiro atoms.